The summed E-state index contributed by atoms with van der Waals surface area (Å²) in [5.41, 5.74) is 2.46. The van der Waals surface area contributed by atoms with E-state index in [9.17, 15) is 4.79 Å². The number of hydrogen-bond acceptors (Lipinski definition) is 7. The van der Waals surface area contributed by atoms with Crippen LogP contribution in [-0.4, -0.2) is 39.0 Å². The minimum atomic E-state index is -0.250. The van der Waals surface area contributed by atoms with Crippen molar-refractivity contribution in [2.45, 2.75) is 44.6 Å². The van der Waals surface area contributed by atoms with Gasteiger partial charge in [0.2, 0.25) is 0 Å². The second-order valence-corrected chi connectivity index (χ2v) is 7.71. The molecule has 3 rings (SSSR count). The lowest BCUT2D eigenvalue weighted by Gasteiger charge is -2.12. The Labute approximate surface area is 156 Å². The third kappa shape index (κ3) is 4.43. The molecule has 8 heteroatoms. The van der Waals surface area contributed by atoms with Crippen LogP contribution >= 0.6 is 11.8 Å². The third-order valence-electron chi connectivity index (χ3n) is 4.03. The molecule has 1 aromatic heterocycles. The summed E-state index contributed by atoms with van der Waals surface area (Å²) in [5.74, 6) is 1.42. The Kier molecular flexibility index (Phi) is 5.61. The minimum Gasteiger partial charge on any atom is -0.497 e. The Morgan fingerprint density at radius 2 is 2.12 bits per heavy atom. The number of hydrogen-bond donors (Lipinski definition) is 0. The molecular formula is C18H22N4O3S. The Bertz CT molecular complexity index is 799. The van der Waals surface area contributed by atoms with Crippen molar-refractivity contribution < 1.29 is 14.4 Å². The lowest BCUT2D eigenvalue weighted by atomic mass is 10.1. The van der Waals surface area contributed by atoms with Crippen LogP contribution < -0.4 is 4.74 Å². The van der Waals surface area contributed by atoms with E-state index in [4.69, 9.17) is 9.57 Å². The number of thioether (sulfide) groups is 1. The summed E-state index contributed by atoms with van der Waals surface area (Å²) < 4.78 is 6.96. The molecule has 0 amide bonds. The number of nitrogens with zero attached hydrogens (tertiary/aromatic N) is 4. The number of carbonyl (C=O) groups excluding carboxylic acids is 1. The number of ether oxygens (including phenoxy) is 1. The van der Waals surface area contributed by atoms with Gasteiger partial charge in [-0.3, -0.25) is 0 Å². The monoisotopic (exact) mass is 374 g/mol. The summed E-state index contributed by atoms with van der Waals surface area (Å²) in [6.45, 7) is 4.57. The van der Waals surface area contributed by atoms with Gasteiger partial charge in [-0.05, 0) is 31.5 Å². The normalized spacial score (nSPS) is 15.4. The molecule has 0 fully saturated rings. The van der Waals surface area contributed by atoms with Gasteiger partial charge in [-0.2, -0.15) is 0 Å². The molecule has 138 valence electrons. The minimum absolute atomic E-state index is 0.250. The van der Waals surface area contributed by atoms with Crippen LogP contribution in [0.4, 0.5) is 0 Å². The first-order valence-corrected chi connectivity index (χ1v) is 9.35. The number of oxime groups is 1. The van der Waals surface area contributed by atoms with Crippen LogP contribution in [0.1, 0.15) is 37.2 Å². The highest BCUT2D eigenvalue weighted by molar-refractivity contribution is 8.13. The molecule has 0 saturated heterocycles. The average Bonchev–Trinajstić information content (AvgIpc) is 3.17. The maximum Gasteiger partial charge on any atom is 0.138 e. The molecule has 1 aliphatic rings. The van der Waals surface area contributed by atoms with Crippen LogP contribution in [0.15, 0.2) is 29.4 Å². The van der Waals surface area contributed by atoms with Crippen LogP contribution in [0.25, 0.3) is 0 Å². The molecule has 0 N–H and O–H groups in total. The number of aromatic nitrogens is 3. The van der Waals surface area contributed by atoms with Crippen LogP contribution in [0.3, 0.4) is 0 Å². The molecule has 0 saturated carbocycles. The van der Waals surface area contributed by atoms with Crippen molar-refractivity contribution in [2.75, 3.05) is 7.11 Å². The lowest BCUT2D eigenvalue weighted by Crippen LogP contribution is -2.18. The molecule has 0 radical (unpaired) electrons. The van der Waals surface area contributed by atoms with Crippen molar-refractivity contribution in [3.05, 3.63) is 41.2 Å². The zero-order chi connectivity index (χ0) is 18.6. The Morgan fingerprint density at radius 1 is 1.35 bits per heavy atom. The number of benzene rings is 1. The summed E-state index contributed by atoms with van der Waals surface area (Å²) in [5, 5.41) is 13.6. The number of aldehydes is 1. The van der Waals surface area contributed by atoms with Crippen LogP contribution in [0.2, 0.25) is 0 Å². The largest absolute Gasteiger partial charge is 0.497 e. The van der Waals surface area contributed by atoms with Crippen LogP contribution in [0, 0.1) is 0 Å². The van der Waals surface area contributed by atoms with Gasteiger partial charge in [0.1, 0.15) is 22.7 Å². The smallest absolute Gasteiger partial charge is 0.138 e. The van der Waals surface area contributed by atoms with E-state index in [1.807, 2.05) is 38.1 Å². The van der Waals surface area contributed by atoms with E-state index in [1.165, 1.54) is 0 Å². The molecular weight excluding hydrogens is 352 g/mol. The standard InChI is InChI=1S/C18H22N4O3S/c1-18(2)10-17(20-25-18)26-12-15-16(8-9-23)22(21-19-15)11-13-4-6-14(24-3)7-5-13/h4-7,9H,8,10-12H2,1-3H3. The summed E-state index contributed by atoms with van der Waals surface area (Å²) in [7, 11) is 1.64. The van der Waals surface area contributed by atoms with E-state index in [0.29, 0.717) is 12.3 Å². The van der Waals surface area contributed by atoms with E-state index < -0.39 is 0 Å². The van der Waals surface area contributed by atoms with E-state index in [-0.39, 0.29) is 12.0 Å². The first-order valence-electron chi connectivity index (χ1n) is 8.36. The van der Waals surface area contributed by atoms with Crippen LogP contribution in [0.5, 0.6) is 5.75 Å². The third-order valence-corrected chi connectivity index (χ3v) is 5.00. The Hall–Kier alpha value is -2.35. The van der Waals surface area contributed by atoms with Crippen LogP contribution in [-0.2, 0) is 28.4 Å². The maximum atomic E-state index is 11.1. The van der Waals surface area contributed by atoms with Crippen molar-refractivity contribution in [3.63, 3.8) is 0 Å². The predicted octanol–water partition coefficient (Wildman–Crippen LogP) is 2.82. The Balaban J connectivity index is 1.70. The molecule has 2 heterocycles. The summed E-state index contributed by atoms with van der Waals surface area (Å²) in [4.78, 5) is 16.5. The SMILES string of the molecule is COc1ccc(Cn2nnc(CSC3=NOC(C)(C)C3)c2CC=O)cc1. The first-order chi connectivity index (χ1) is 12.5. The topological polar surface area (TPSA) is 78.6 Å². The highest BCUT2D eigenvalue weighted by Gasteiger charge is 2.29. The average molecular weight is 374 g/mol. The van der Waals surface area contributed by atoms with Gasteiger partial charge in [0, 0.05) is 18.6 Å². The zero-order valence-electron chi connectivity index (χ0n) is 15.1. The van der Waals surface area contributed by atoms with Gasteiger partial charge in [0.15, 0.2) is 0 Å². The fourth-order valence-corrected chi connectivity index (χ4v) is 3.71. The van der Waals surface area contributed by atoms with Crippen molar-refractivity contribution in [3.8, 4) is 5.75 Å². The molecule has 26 heavy (non-hydrogen) atoms. The van der Waals surface area contributed by atoms with Gasteiger partial charge in [-0.25, -0.2) is 4.68 Å². The van der Waals surface area contributed by atoms with E-state index in [1.54, 1.807) is 23.6 Å². The Morgan fingerprint density at radius 3 is 2.73 bits per heavy atom. The highest BCUT2D eigenvalue weighted by atomic mass is 32.2. The number of carbonyl (C=O) groups is 1. The second kappa shape index (κ2) is 7.90. The quantitative estimate of drug-likeness (QED) is 0.694. The molecule has 2 aromatic rings. The molecule has 0 aliphatic carbocycles. The van der Waals surface area contributed by atoms with Gasteiger partial charge < -0.3 is 14.4 Å². The molecule has 0 spiro atoms. The second-order valence-electron chi connectivity index (χ2n) is 6.66. The van der Waals surface area contributed by atoms with Crippen molar-refractivity contribution in [1.29, 1.82) is 0 Å². The number of methoxy groups -OCH3 is 1. The van der Waals surface area contributed by atoms with Gasteiger partial charge in [0.05, 0.1) is 25.0 Å². The van der Waals surface area contributed by atoms with Gasteiger partial charge in [0.25, 0.3) is 0 Å². The van der Waals surface area contributed by atoms with E-state index in [2.05, 4.69) is 15.5 Å². The zero-order valence-corrected chi connectivity index (χ0v) is 16.0. The number of rotatable bonds is 7. The maximum absolute atomic E-state index is 11.1. The molecule has 1 aromatic carbocycles. The molecule has 0 atom stereocenters. The highest BCUT2D eigenvalue weighted by Crippen LogP contribution is 2.29. The summed E-state index contributed by atoms with van der Waals surface area (Å²) in [6, 6.07) is 7.77. The van der Waals surface area contributed by atoms with Gasteiger partial charge >= 0.3 is 0 Å². The lowest BCUT2D eigenvalue weighted by molar-refractivity contribution is -0.107. The van der Waals surface area contributed by atoms with Crippen molar-refractivity contribution in [1.82, 2.24) is 15.0 Å². The fraction of sp³-hybridized carbons (Fsp3) is 0.444. The first kappa shape index (κ1) is 18.4. The van der Waals surface area contributed by atoms with Gasteiger partial charge in [-0.15, -0.1) is 16.9 Å². The van der Waals surface area contributed by atoms with Gasteiger partial charge in [-0.1, -0.05) is 22.5 Å². The van der Waals surface area contributed by atoms with E-state index >= 15 is 0 Å². The summed E-state index contributed by atoms with van der Waals surface area (Å²) >= 11 is 1.58. The molecule has 1 aliphatic heterocycles. The van der Waals surface area contributed by atoms with E-state index in [0.717, 1.165) is 40.5 Å². The summed E-state index contributed by atoms with van der Waals surface area (Å²) in [6.07, 6.45) is 1.95. The molecule has 0 bridgehead atoms. The molecule has 7 nitrogen and oxygen atoms in total. The molecule has 0 unspecified atom stereocenters. The van der Waals surface area contributed by atoms with Crippen molar-refractivity contribution >= 4 is 23.1 Å². The van der Waals surface area contributed by atoms with Crippen molar-refractivity contribution in [2.24, 2.45) is 5.16 Å². The predicted molar refractivity (Wildman–Crippen MR) is 100 cm³/mol. The fourth-order valence-electron chi connectivity index (χ4n) is 2.65.